The van der Waals surface area contributed by atoms with Crippen molar-refractivity contribution in [1.29, 1.82) is 5.26 Å². The van der Waals surface area contributed by atoms with Gasteiger partial charge in [-0.25, -0.2) is 9.59 Å². The first kappa shape index (κ1) is 16.3. The van der Waals surface area contributed by atoms with Gasteiger partial charge in [-0.15, -0.1) is 0 Å². The fourth-order valence-corrected chi connectivity index (χ4v) is 1.68. The van der Waals surface area contributed by atoms with Crippen LogP contribution < -0.4 is 0 Å². The van der Waals surface area contributed by atoms with Gasteiger partial charge >= 0.3 is 11.9 Å². The highest BCUT2D eigenvalue weighted by molar-refractivity contribution is 6.00. The van der Waals surface area contributed by atoms with Gasteiger partial charge in [0.15, 0.2) is 5.75 Å². The lowest BCUT2D eigenvalue weighted by molar-refractivity contribution is -0.137. The van der Waals surface area contributed by atoms with E-state index in [1.165, 1.54) is 0 Å². The Kier molecular flexibility index (Phi) is 5.55. The number of hydrogen-bond donors (Lipinski definition) is 2. The van der Waals surface area contributed by atoms with Gasteiger partial charge in [0.1, 0.15) is 17.2 Å². The van der Waals surface area contributed by atoms with Gasteiger partial charge in [0, 0.05) is 5.69 Å². The molecular weight excluding hydrogens is 276 g/mol. The minimum atomic E-state index is -0.802. The van der Waals surface area contributed by atoms with Crippen LogP contribution in [-0.2, 0) is 14.3 Å². The minimum absolute atomic E-state index is 0.0238. The van der Waals surface area contributed by atoms with Crippen molar-refractivity contribution >= 4 is 18.0 Å². The molecule has 7 nitrogen and oxygen atoms in total. The van der Waals surface area contributed by atoms with E-state index in [-0.39, 0.29) is 35.8 Å². The van der Waals surface area contributed by atoms with Crippen molar-refractivity contribution in [1.82, 2.24) is 4.98 Å². The molecule has 0 atom stereocenters. The molecule has 0 saturated heterocycles. The van der Waals surface area contributed by atoms with E-state index in [2.05, 4.69) is 4.98 Å². The molecule has 1 aromatic heterocycles. The summed E-state index contributed by atoms with van der Waals surface area (Å²) in [5.41, 5.74) is 0.131. The maximum atomic E-state index is 11.7. The van der Waals surface area contributed by atoms with Crippen molar-refractivity contribution in [3.05, 3.63) is 22.5 Å². The normalized spacial score (nSPS) is 10.9. The van der Waals surface area contributed by atoms with Gasteiger partial charge in [0.2, 0.25) is 0 Å². The van der Waals surface area contributed by atoms with Crippen molar-refractivity contribution < 1.29 is 24.2 Å². The Morgan fingerprint density at radius 2 is 1.95 bits per heavy atom. The molecule has 1 heterocycles. The molecule has 0 aliphatic rings. The molecule has 0 aliphatic heterocycles. The number of nitriles is 1. The molecule has 2 N–H and O–H groups in total. The van der Waals surface area contributed by atoms with Crippen LogP contribution in [-0.4, -0.2) is 35.2 Å². The molecule has 0 radical (unpaired) electrons. The van der Waals surface area contributed by atoms with Gasteiger partial charge in [-0.3, -0.25) is 0 Å². The van der Waals surface area contributed by atoms with Crippen LogP contribution in [0.1, 0.15) is 35.6 Å². The third kappa shape index (κ3) is 3.63. The van der Waals surface area contributed by atoms with Crippen molar-refractivity contribution in [3.8, 4) is 11.8 Å². The predicted octanol–water partition coefficient (Wildman–Crippen LogP) is 1.68. The maximum Gasteiger partial charge on any atom is 0.348 e. The summed E-state index contributed by atoms with van der Waals surface area (Å²) in [7, 11) is 0. The predicted molar refractivity (Wildman–Crippen MR) is 73.4 cm³/mol. The number of rotatable bonds is 5. The third-order valence-electron chi connectivity index (χ3n) is 2.57. The third-order valence-corrected chi connectivity index (χ3v) is 2.57. The van der Waals surface area contributed by atoms with Gasteiger partial charge in [-0.05, 0) is 26.8 Å². The Morgan fingerprint density at radius 3 is 2.48 bits per heavy atom. The summed E-state index contributed by atoms with van der Waals surface area (Å²) in [6.45, 7) is 5.12. The molecule has 1 aromatic rings. The number of hydrogen-bond acceptors (Lipinski definition) is 6. The van der Waals surface area contributed by atoms with Gasteiger partial charge in [0.25, 0.3) is 0 Å². The molecule has 1 rings (SSSR count). The van der Waals surface area contributed by atoms with Crippen LogP contribution in [0, 0.1) is 18.3 Å². The van der Waals surface area contributed by atoms with Crippen molar-refractivity contribution in [2.24, 2.45) is 0 Å². The Morgan fingerprint density at radius 1 is 1.33 bits per heavy atom. The highest BCUT2D eigenvalue weighted by Crippen LogP contribution is 2.28. The van der Waals surface area contributed by atoms with E-state index in [9.17, 15) is 14.7 Å². The largest absolute Gasteiger partial charge is 0.505 e. The van der Waals surface area contributed by atoms with E-state index in [0.717, 1.165) is 6.08 Å². The van der Waals surface area contributed by atoms with E-state index in [0.29, 0.717) is 5.69 Å². The average molecular weight is 292 g/mol. The molecule has 0 aliphatic carbocycles. The lowest BCUT2D eigenvalue weighted by atomic mass is 10.2. The molecule has 112 valence electrons. The quantitative estimate of drug-likeness (QED) is 0.485. The molecule has 0 amide bonds. The monoisotopic (exact) mass is 292 g/mol. The zero-order chi connectivity index (χ0) is 16.0. The highest BCUT2D eigenvalue weighted by atomic mass is 16.5. The molecule has 0 fully saturated rings. The fraction of sp³-hybridized carbons (Fsp3) is 0.357. The number of H-pyrrole nitrogens is 1. The van der Waals surface area contributed by atoms with E-state index >= 15 is 0 Å². The Labute approximate surface area is 121 Å². The molecule has 21 heavy (non-hydrogen) atoms. The molecule has 0 bridgehead atoms. The number of nitrogens with zero attached hydrogens (tertiary/aromatic N) is 1. The average Bonchev–Trinajstić information content (AvgIpc) is 2.71. The van der Waals surface area contributed by atoms with Crippen LogP contribution >= 0.6 is 0 Å². The molecule has 0 unspecified atom stereocenters. The maximum absolute atomic E-state index is 11.7. The van der Waals surface area contributed by atoms with Crippen LogP contribution in [0.25, 0.3) is 6.08 Å². The molecule has 7 heteroatoms. The standard InChI is InChI=1S/C14H16N2O5/c1-4-20-13(18)9(7-15)6-10-12(17)11(8(3)16-10)14(19)21-5-2/h6,16-17H,4-5H2,1-3H3. The van der Waals surface area contributed by atoms with Gasteiger partial charge < -0.3 is 19.6 Å². The number of esters is 2. The number of ether oxygens (including phenoxy) is 2. The zero-order valence-corrected chi connectivity index (χ0v) is 12.0. The summed E-state index contributed by atoms with van der Waals surface area (Å²) < 4.78 is 9.54. The number of carbonyl (C=O) groups excluding carboxylic acids is 2. The zero-order valence-electron chi connectivity index (χ0n) is 12.0. The Hall–Kier alpha value is -2.75. The Balaban J connectivity index is 3.21. The first-order valence-corrected chi connectivity index (χ1v) is 6.33. The van der Waals surface area contributed by atoms with Crippen molar-refractivity contribution in [2.45, 2.75) is 20.8 Å². The van der Waals surface area contributed by atoms with Crippen LogP contribution in [0.4, 0.5) is 0 Å². The second kappa shape index (κ2) is 7.14. The van der Waals surface area contributed by atoms with E-state index in [4.69, 9.17) is 14.7 Å². The van der Waals surface area contributed by atoms with Gasteiger partial charge in [0.05, 0.1) is 18.9 Å². The highest BCUT2D eigenvalue weighted by Gasteiger charge is 2.22. The molecular formula is C14H16N2O5. The van der Waals surface area contributed by atoms with Gasteiger partial charge in [-0.1, -0.05) is 0 Å². The number of aryl methyl sites for hydroxylation is 1. The SMILES string of the molecule is CCOC(=O)C(C#N)=Cc1[nH]c(C)c(C(=O)OCC)c1O. The summed E-state index contributed by atoms with van der Waals surface area (Å²) in [5, 5.41) is 19.0. The van der Waals surface area contributed by atoms with E-state index < -0.39 is 11.9 Å². The second-order valence-electron chi connectivity index (χ2n) is 4.00. The van der Waals surface area contributed by atoms with Crippen molar-refractivity contribution in [3.63, 3.8) is 0 Å². The summed E-state index contributed by atoms with van der Waals surface area (Å²) in [5.74, 6) is -1.86. The van der Waals surface area contributed by atoms with Gasteiger partial charge in [-0.2, -0.15) is 5.26 Å². The molecule has 0 aromatic carbocycles. The number of aromatic amines is 1. The first-order chi connectivity index (χ1) is 9.96. The number of carbonyl (C=O) groups is 2. The van der Waals surface area contributed by atoms with E-state index in [1.807, 2.05) is 0 Å². The smallest absolute Gasteiger partial charge is 0.348 e. The fourth-order valence-electron chi connectivity index (χ4n) is 1.68. The summed E-state index contributed by atoms with van der Waals surface area (Å²) in [6.07, 6.45) is 1.13. The lowest BCUT2D eigenvalue weighted by Gasteiger charge is -2.01. The van der Waals surface area contributed by atoms with Crippen LogP contribution in [0.5, 0.6) is 5.75 Å². The molecule has 0 saturated carbocycles. The number of aromatic nitrogens is 1. The van der Waals surface area contributed by atoms with Crippen LogP contribution in [0.15, 0.2) is 5.57 Å². The minimum Gasteiger partial charge on any atom is -0.505 e. The first-order valence-electron chi connectivity index (χ1n) is 6.33. The lowest BCUT2D eigenvalue weighted by Crippen LogP contribution is -2.06. The molecule has 0 spiro atoms. The number of aromatic hydroxyl groups is 1. The van der Waals surface area contributed by atoms with Crippen LogP contribution in [0.3, 0.4) is 0 Å². The van der Waals surface area contributed by atoms with Crippen molar-refractivity contribution in [2.75, 3.05) is 13.2 Å². The Bertz CT molecular complexity index is 622. The van der Waals surface area contributed by atoms with E-state index in [1.54, 1.807) is 26.8 Å². The summed E-state index contributed by atoms with van der Waals surface area (Å²) in [4.78, 5) is 26.0. The van der Waals surface area contributed by atoms with Crippen LogP contribution in [0.2, 0.25) is 0 Å². The summed E-state index contributed by atoms with van der Waals surface area (Å²) in [6, 6.07) is 1.68. The number of nitrogens with one attached hydrogen (secondary N) is 1. The topological polar surface area (TPSA) is 112 Å². The summed E-state index contributed by atoms with van der Waals surface area (Å²) >= 11 is 0. The second-order valence-corrected chi connectivity index (χ2v) is 4.00.